The van der Waals surface area contributed by atoms with Gasteiger partial charge in [0, 0.05) is 30.9 Å². The molecule has 0 radical (unpaired) electrons. The number of carbonyl (C=O) groups is 1. The molecule has 1 saturated heterocycles. The molecule has 2 heterocycles. The van der Waals surface area contributed by atoms with Crippen LogP contribution < -0.4 is 10.2 Å². The minimum absolute atomic E-state index is 0.146. The third-order valence-electron chi connectivity index (χ3n) is 4.91. The number of furan rings is 1. The number of amides is 1. The summed E-state index contributed by atoms with van der Waals surface area (Å²) in [7, 11) is 0. The number of hydrogen-bond acceptors (Lipinski definition) is 3. The topological polar surface area (TPSA) is 45.5 Å². The zero-order valence-corrected chi connectivity index (χ0v) is 14.6. The minimum atomic E-state index is -0.146. The fourth-order valence-corrected chi connectivity index (χ4v) is 3.52. The van der Waals surface area contributed by atoms with Crippen molar-refractivity contribution in [1.82, 2.24) is 5.32 Å². The van der Waals surface area contributed by atoms with Gasteiger partial charge in [-0.05, 0) is 36.1 Å². The van der Waals surface area contributed by atoms with Crippen LogP contribution in [0.5, 0.6) is 0 Å². The Bertz CT molecular complexity index is 858. The molecule has 1 atom stereocenters. The maximum absolute atomic E-state index is 12.6. The van der Waals surface area contributed by atoms with E-state index < -0.39 is 0 Å². The normalized spacial score (nSPS) is 16.6. The molecule has 4 nitrogen and oxygen atoms in total. The lowest BCUT2D eigenvalue weighted by Gasteiger charge is -2.18. The number of nitrogens with zero attached hydrogens (tertiary/aromatic N) is 1. The zero-order valence-electron chi connectivity index (χ0n) is 14.6. The number of para-hydroxylation sites is 1. The fraction of sp³-hybridized carbons (Fsp3) is 0.227. The van der Waals surface area contributed by atoms with Crippen molar-refractivity contribution in [3.8, 4) is 11.1 Å². The van der Waals surface area contributed by atoms with Crippen molar-refractivity contribution in [2.75, 3.05) is 24.5 Å². The predicted molar refractivity (Wildman–Crippen MR) is 103 cm³/mol. The molecule has 4 heteroatoms. The SMILES string of the molecule is O=C(NC[C@H]1CCN(c2ccccc2)C1)c1occc1-c1ccccc1. The van der Waals surface area contributed by atoms with Crippen molar-refractivity contribution in [3.63, 3.8) is 0 Å². The smallest absolute Gasteiger partial charge is 0.287 e. The fourth-order valence-electron chi connectivity index (χ4n) is 3.52. The van der Waals surface area contributed by atoms with Gasteiger partial charge in [-0.3, -0.25) is 4.79 Å². The van der Waals surface area contributed by atoms with Crippen molar-refractivity contribution < 1.29 is 9.21 Å². The van der Waals surface area contributed by atoms with E-state index in [9.17, 15) is 4.79 Å². The van der Waals surface area contributed by atoms with E-state index in [1.54, 1.807) is 6.26 Å². The van der Waals surface area contributed by atoms with E-state index in [2.05, 4.69) is 34.5 Å². The molecule has 132 valence electrons. The van der Waals surface area contributed by atoms with Gasteiger partial charge < -0.3 is 14.6 Å². The van der Waals surface area contributed by atoms with Crippen molar-refractivity contribution in [3.05, 3.63) is 78.8 Å². The lowest BCUT2D eigenvalue weighted by Crippen LogP contribution is -2.31. The molecule has 0 bridgehead atoms. The van der Waals surface area contributed by atoms with Crippen molar-refractivity contribution in [2.45, 2.75) is 6.42 Å². The van der Waals surface area contributed by atoms with E-state index in [-0.39, 0.29) is 5.91 Å². The van der Waals surface area contributed by atoms with Crippen LogP contribution in [-0.4, -0.2) is 25.5 Å². The number of anilines is 1. The van der Waals surface area contributed by atoms with E-state index in [1.807, 2.05) is 42.5 Å². The van der Waals surface area contributed by atoms with Gasteiger partial charge in [0.1, 0.15) is 0 Å². The van der Waals surface area contributed by atoms with Gasteiger partial charge in [-0.15, -0.1) is 0 Å². The zero-order chi connectivity index (χ0) is 17.8. The molecule has 1 fully saturated rings. The van der Waals surface area contributed by atoms with Gasteiger partial charge in [-0.2, -0.15) is 0 Å². The van der Waals surface area contributed by atoms with Gasteiger partial charge in [0.15, 0.2) is 5.76 Å². The highest BCUT2D eigenvalue weighted by atomic mass is 16.3. The standard InChI is InChI=1S/C22H22N2O2/c25-22(21-20(12-14-26-21)18-7-3-1-4-8-18)23-15-17-11-13-24(16-17)19-9-5-2-6-10-19/h1-10,12,14,17H,11,13,15-16H2,(H,23,25)/t17-/m1/s1. The Balaban J connectivity index is 1.36. The molecule has 4 rings (SSSR count). The molecule has 1 aliphatic rings. The summed E-state index contributed by atoms with van der Waals surface area (Å²) >= 11 is 0. The Labute approximate surface area is 153 Å². The van der Waals surface area contributed by atoms with Gasteiger partial charge in [0.25, 0.3) is 5.91 Å². The molecule has 0 saturated carbocycles. The van der Waals surface area contributed by atoms with E-state index in [0.717, 1.165) is 30.6 Å². The quantitative estimate of drug-likeness (QED) is 0.753. The van der Waals surface area contributed by atoms with Crippen molar-refractivity contribution in [1.29, 1.82) is 0 Å². The summed E-state index contributed by atoms with van der Waals surface area (Å²) in [6, 6.07) is 22.1. The molecule has 0 aliphatic carbocycles. The third kappa shape index (κ3) is 3.49. The number of nitrogens with one attached hydrogen (secondary N) is 1. The Hall–Kier alpha value is -3.01. The summed E-state index contributed by atoms with van der Waals surface area (Å²) in [6.07, 6.45) is 2.66. The number of benzene rings is 2. The molecule has 3 aromatic rings. The highest BCUT2D eigenvalue weighted by molar-refractivity contribution is 5.98. The summed E-state index contributed by atoms with van der Waals surface area (Å²) in [5, 5.41) is 3.05. The summed E-state index contributed by atoms with van der Waals surface area (Å²) in [4.78, 5) is 15.0. The van der Waals surface area contributed by atoms with Crippen LogP contribution in [0.25, 0.3) is 11.1 Å². The second-order valence-electron chi connectivity index (χ2n) is 6.68. The van der Waals surface area contributed by atoms with Crippen LogP contribution in [0.15, 0.2) is 77.4 Å². The molecular formula is C22H22N2O2. The summed E-state index contributed by atoms with van der Waals surface area (Å²) < 4.78 is 5.46. The summed E-state index contributed by atoms with van der Waals surface area (Å²) in [5.74, 6) is 0.690. The molecule has 2 aromatic carbocycles. The number of rotatable bonds is 5. The average Bonchev–Trinajstić information content (AvgIpc) is 3.37. The van der Waals surface area contributed by atoms with Gasteiger partial charge in [0.05, 0.1) is 6.26 Å². The van der Waals surface area contributed by atoms with Crippen LogP contribution in [0.2, 0.25) is 0 Å². The van der Waals surface area contributed by atoms with Crippen LogP contribution in [0.1, 0.15) is 17.0 Å². The van der Waals surface area contributed by atoms with Gasteiger partial charge in [-0.25, -0.2) is 0 Å². The molecule has 0 spiro atoms. The van der Waals surface area contributed by atoms with E-state index >= 15 is 0 Å². The maximum atomic E-state index is 12.6. The Morgan fingerprint density at radius 2 is 1.77 bits per heavy atom. The van der Waals surface area contributed by atoms with Crippen molar-refractivity contribution in [2.24, 2.45) is 5.92 Å². The third-order valence-corrected chi connectivity index (χ3v) is 4.91. The number of carbonyl (C=O) groups excluding carboxylic acids is 1. The summed E-state index contributed by atoms with van der Waals surface area (Å²) in [5.41, 5.74) is 3.07. The molecule has 1 aromatic heterocycles. The minimum Gasteiger partial charge on any atom is -0.459 e. The second kappa shape index (κ2) is 7.48. The predicted octanol–water partition coefficient (Wildman–Crippen LogP) is 4.20. The van der Waals surface area contributed by atoms with Gasteiger partial charge in [0.2, 0.25) is 0 Å². The largest absolute Gasteiger partial charge is 0.459 e. The van der Waals surface area contributed by atoms with Gasteiger partial charge >= 0.3 is 0 Å². The highest BCUT2D eigenvalue weighted by Gasteiger charge is 2.24. The lowest BCUT2D eigenvalue weighted by atomic mass is 10.1. The first-order valence-electron chi connectivity index (χ1n) is 9.02. The van der Waals surface area contributed by atoms with Crippen LogP contribution in [0.3, 0.4) is 0 Å². The average molecular weight is 346 g/mol. The van der Waals surface area contributed by atoms with Crippen LogP contribution in [0.4, 0.5) is 5.69 Å². The summed E-state index contributed by atoms with van der Waals surface area (Å²) in [6.45, 7) is 2.66. The Morgan fingerprint density at radius 3 is 2.54 bits per heavy atom. The first-order chi connectivity index (χ1) is 12.8. The van der Waals surface area contributed by atoms with E-state index in [1.165, 1.54) is 5.69 Å². The molecule has 1 N–H and O–H groups in total. The first-order valence-corrected chi connectivity index (χ1v) is 9.02. The van der Waals surface area contributed by atoms with Gasteiger partial charge in [-0.1, -0.05) is 48.5 Å². The van der Waals surface area contributed by atoms with E-state index in [0.29, 0.717) is 18.2 Å². The van der Waals surface area contributed by atoms with E-state index in [4.69, 9.17) is 4.42 Å². The van der Waals surface area contributed by atoms with Crippen LogP contribution in [0, 0.1) is 5.92 Å². The molecule has 0 unspecified atom stereocenters. The Morgan fingerprint density at radius 1 is 1.04 bits per heavy atom. The maximum Gasteiger partial charge on any atom is 0.287 e. The number of hydrogen-bond donors (Lipinski definition) is 1. The lowest BCUT2D eigenvalue weighted by molar-refractivity contribution is 0.0921. The first kappa shape index (κ1) is 16.5. The van der Waals surface area contributed by atoms with Crippen LogP contribution in [-0.2, 0) is 0 Å². The molecule has 1 aliphatic heterocycles. The second-order valence-corrected chi connectivity index (χ2v) is 6.68. The highest BCUT2D eigenvalue weighted by Crippen LogP contribution is 2.25. The molecule has 26 heavy (non-hydrogen) atoms. The monoisotopic (exact) mass is 346 g/mol. The van der Waals surface area contributed by atoms with Crippen LogP contribution >= 0.6 is 0 Å². The van der Waals surface area contributed by atoms with Crippen molar-refractivity contribution >= 4 is 11.6 Å². The molecular weight excluding hydrogens is 324 g/mol. The Kier molecular flexibility index (Phi) is 4.73. The molecule has 1 amide bonds.